The highest BCUT2D eigenvalue weighted by Gasteiger charge is 2.32. The third-order valence-corrected chi connectivity index (χ3v) is 7.98. The van der Waals surface area contributed by atoms with E-state index in [0.717, 1.165) is 17.0 Å². The lowest BCUT2D eigenvalue weighted by atomic mass is 10.2. The SMILES string of the molecule is CC(C(=O)Nc1ccccc1)N1CCN(S(=O)(=O)c2ccc(Cl)s2)CC1. The predicted molar refractivity (Wildman–Crippen MR) is 104 cm³/mol. The van der Waals surface area contributed by atoms with Gasteiger partial charge in [-0.05, 0) is 31.2 Å². The van der Waals surface area contributed by atoms with Crippen LogP contribution in [0, 0.1) is 0 Å². The van der Waals surface area contributed by atoms with E-state index in [1.54, 1.807) is 6.07 Å². The molecule has 1 aromatic carbocycles. The number of hydrogen-bond donors (Lipinski definition) is 1. The molecule has 0 bridgehead atoms. The molecule has 140 valence electrons. The van der Waals surface area contributed by atoms with Crippen molar-refractivity contribution in [2.45, 2.75) is 17.2 Å². The van der Waals surface area contributed by atoms with Gasteiger partial charge in [0.2, 0.25) is 5.91 Å². The predicted octanol–water partition coefficient (Wildman–Crippen LogP) is 2.74. The third kappa shape index (κ3) is 4.27. The molecule has 2 aromatic rings. The number of para-hydroxylation sites is 1. The van der Waals surface area contributed by atoms with Gasteiger partial charge in [0, 0.05) is 31.9 Å². The highest BCUT2D eigenvalue weighted by atomic mass is 35.5. The van der Waals surface area contributed by atoms with Crippen molar-refractivity contribution in [2.75, 3.05) is 31.5 Å². The number of halogens is 1. The summed E-state index contributed by atoms with van der Waals surface area (Å²) in [4.78, 5) is 14.4. The summed E-state index contributed by atoms with van der Waals surface area (Å²) in [5.74, 6) is -0.0995. The summed E-state index contributed by atoms with van der Waals surface area (Å²) in [5.41, 5.74) is 0.750. The Hall–Kier alpha value is -1.45. The second-order valence-electron chi connectivity index (χ2n) is 6.03. The van der Waals surface area contributed by atoms with Crippen molar-refractivity contribution in [1.82, 2.24) is 9.21 Å². The lowest BCUT2D eigenvalue weighted by Gasteiger charge is -2.36. The van der Waals surface area contributed by atoms with Crippen LogP contribution in [0.3, 0.4) is 0 Å². The zero-order valence-corrected chi connectivity index (χ0v) is 16.6. The van der Waals surface area contributed by atoms with Crippen LogP contribution in [0.1, 0.15) is 6.92 Å². The number of thiophene rings is 1. The fourth-order valence-corrected chi connectivity index (χ4v) is 5.89. The monoisotopic (exact) mass is 413 g/mol. The molecule has 0 radical (unpaired) electrons. The maximum atomic E-state index is 12.6. The van der Waals surface area contributed by atoms with Gasteiger partial charge in [0.25, 0.3) is 10.0 Å². The average molecular weight is 414 g/mol. The zero-order valence-electron chi connectivity index (χ0n) is 14.3. The van der Waals surface area contributed by atoms with Crippen molar-refractivity contribution >= 4 is 44.6 Å². The van der Waals surface area contributed by atoms with Crippen molar-refractivity contribution < 1.29 is 13.2 Å². The maximum Gasteiger partial charge on any atom is 0.252 e. The Kier molecular flexibility index (Phi) is 5.99. The number of amides is 1. The smallest absolute Gasteiger partial charge is 0.252 e. The van der Waals surface area contributed by atoms with Crippen LogP contribution >= 0.6 is 22.9 Å². The Bertz CT molecular complexity index is 862. The first-order chi connectivity index (χ1) is 12.4. The van der Waals surface area contributed by atoms with Crippen molar-refractivity contribution in [3.63, 3.8) is 0 Å². The van der Waals surface area contributed by atoms with E-state index in [1.165, 1.54) is 10.4 Å². The van der Waals surface area contributed by atoms with E-state index in [2.05, 4.69) is 5.32 Å². The summed E-state index contributed by atoms with van der Waals surface area (Å²) in [7, 11) is -3.52. The zero-order chi connectivity index (χ0) is 18.7. The van der Waals surface area contributed by atoms with Crippen LogP contribution in [0.2, 0.25) is 4.34 Å². The molecule has 1 aromatic heterocycles. The first-order valence-corrected chi connectivity index (χ1v) is 10.9. The number of rotatable bonds is 5. The summed E-state index contributed by atoms with van der Waals surface area (Å²) in [6.45, 7) is 3.53. The highest BCUT2D eigenvalue weighted by molar-refractivity contribution is 7.91. The van der Waals surface area contributed by atoms with Gasteiger partial charge in [0.05, 0.1) is 10.4 Å². The molecule has 0 spiro atoms. The van der Waals surface area contributed by atoms with Gasteiger partial charge in [0.15, 0.2) is 0 Å². The number of carbonyl (C=O) groups is 1. The van der Waals surface area contributed by atoms with E-state index >= 15 is 0 Å². The number of anilines is 1. The van der Waals surface area contributed by atoms with E-state index in [4.69, 9.17) is 11.6 Å². The molecule has 1 atom stereocenters. The quantitative estimate of drug-likeness (QED) is 0.818. The molecule has 3 rings (SSSR count). The summed E-state index contributed by atoms with van der Waals surface area (Å²) in [6.07, 6.45) is 0. The molecular weight excluding hydrogens is 394 g/mol. The number of carbonyl (C=O) groups excluding carboxylic acids is 1. The second-order valence-corrected chi connectivity index (χ2v) is 9.91. The summed E-state index contributed by atoms with van der Waals surface area (Å²) < 4.78 is 27.4. The van der Waals surface area contributed by atoms with E-state index in [9.17, 15) is 13.2 Å². The molecule has 1 fully saturated rings. The first kappa shape index (κ1) is 19.3. The second kappa shape index (κ2) is 8.06. The molecule has 6 nitrogen and oxygen atoms in total. The van der Waals surface area contributed by atoms with Gasteiger partial charge in [-0.15, -0.1) is 11.3 Å². The Balaban J connectivity index is 1.58. The molecule has 26 heavy (non-hydrogen) atoms. The number of hydrogen-bond acceptors (Lipinski definition) is 5. The maximum absolute atomic E-state index is 12.6. The number of nitrogens with one attached hydrogen (secondary N) is 1. The first-order valence-electron chi connectivity index (χ1n) is 8.23. The minimum atomic E-state index is -3.52. The van der Waals surface area contributed by atoms with Gasteiger partial charge in [0.1, 0.15) is 4.21 Å². The van der Waals surface area contributed by atoms with Gasteiger partial charge in [-0.25, -0.2) is 8.42 Å². The number of benzene rings is 1. The van der Waals surface area contributed by atoms with E-state index in [-0.39, 0.29) is 16.2 Å². The minimum Gasteiger partial charge on any atom is -0.325 e. The molecule has 1 N–H and O–H groups in total. The fourth-order valence-electron chi connectivity index (χ4n) is 2.83. The van der Waals surface area contributed by atoms with Gasteiger partial charge >= 0.3 is 0 Å². The lowest BCUT2D eigenvalue weighted by molar-refractivity contribution is -0.121. The van der Waals surface area contributed by atoms with Crippen LogP contribution < -0.4 is 5.32 Å². The summed E-state index contributed by atoms with van der Waals surface area (Å²) in [5, 5.41) is 2.88. The fraction of sp³-hybridized carbons (Fsp3) is 0.353. The van der Waals surface area contributed by atoms with Gasteiger partial charge in [-0.2, -0.15) is 4.31 Å². The van der Waals surface area contributed by atoms with Gasteiger partial charge < -0.3 is 5.32 Å². The Labute approximate surface area is 162 Å². The molecule has 1 unspecified atom stereocenters. The molecule has 0 aliphatic carbocycles. The van der Waals surface area contributed by atoms with Crippen LogP contribution in [0.25, 0.3) is 0 Å². The van der Waals surface area contributed by atoms with E-state index in [1.807, 2.05) is 42.2 Å². The molecular formula is C17H20ClN3O3S2. The van der Waals surface area contributed by atoms with Crippen LogP contribution in [0.4, 0.5) is 5.69 Å². The topological polar surface area (TPSA) is 69.7 Å². The van der Waals surface area contributed by atoms with Crippen molar-refractivity contribution in [3.05, 3.63) is 46.8 Å². The minimum absolute atomic E-state index is 0.0995. The van der Waals surface area contributed by atoms with Crippen molar-refractivity contribution in [3.8, 4) is 0 Å². The average Bonchev–Trinajstić information content (AvgIpc) is 3.09. The Morgan fingerprint density at radius 2 is 1.77 bits per heavy atom. The van der Waals surface area contributed by atoms with Crippen molar-refractivity contribution in [1.29, 1.82) is 0 Å². The molecule has 1 saturated heterocycles. The Morgan fingerprint density at radius 3 is 2.35 bits per heavy atom. The Morgan fingerprint density at radius 1 is 1.12 bits per heavy atom. The molecule has 1 aliphatic heterocycles. The normalized spacial score (nSPS) is 17.8. The summed E-state index contributed by atoms with van der Waals surface area (Å²) >= 11 is 6.91. The van der Waals surface area contributed by atoms with E-state index < -0.39 is 10.0 Å². The van der Waals surface area contributed by atoms with Gasteiger partial charge in [-0.3, -0.25) is 9.69 Å². The van der Waals surface area contributed by atoms with Crippen LogP contribution in [-0.2, 0) is 14.8 Å². The van der Waals surface area contributed by atoms with Crippen LogP contribution in [-0.4, -0.2) is 55.8 Å². The molecule has 9 heteroatoms. The lowest BCUT2D eigenvalue weighted by Crippen LogP contribution is -2.53. The third-order valence-electron chi connectivity index (χ3n) is 4.38. The molecule has 0 saturated carbocycles. The van der Waals surface area contributed by atoms with Gasteiger partial charge in [-0.1, -0.05) is 29.8 Å². The molecule has 2 heterocycles. The summed E-state index contributed by atoms with van der Waals surface area (Å²) in [6, 6.07) is 12.1. The number of piperazine rings is 1. The number of sulfonamides is 1. The van der Waals surface area contributed by atoms with Crippen LogP contribution in [0.15, 0.2) is 46.7 Å². The standard InChI is InChI=1S/C17H20ClN3O3S2/c1-13(17(22)19-14-5-3-2-4-6-14)20-9-11-21(12-10-20)26(23,24)16-8-7-15(18)25-16/h2-8,13H,9-12H2,1H3,(H,19,22). The number of nitrogens with zero attached hydrogens (tertiary/aromatic N) is 2. The largest absolute Gasteiger partial charge is 0.325 e. The molecule has 1 amide bonds. The van der Waals surface area contributed by atoms with Crippen molar-refractivity contribution in [2.24, 2.45) is 0 Å². The van der Waals surface area contributed by atoms with E-state index in [0.29, 0.717) is 30.5 Å². The highest BCUT2D eigenvalue weighted by Crippen LogP contribution is 2.28. The molecule has 1 aliphatic rings. The van der Waals surface area contributed by atoms with Crippen LogP contribution in [0.5, 0.6) is 0 Å².